The van der Waals surface area contributed by atoms with Crippen LogP contribution in [0.15, 0.2) is 29.0 Å². The third-order valence-corrected chi connectivity index (χ3v) is 1.94. The SMILES string of the molecule is Cc1cc(C(=O)c2ccn(C)n2)co1. The van der Waals surface area contributed by atoms with Crippen LogP contribution in [0.1, 0.15) is 21.8 Å². The molecule has 0 unspecified atom stereocenters. The van der Waals surface area contributed by atoms with E-state index in [0.29, 0.717) is 11.3 Å². The van der Waals surface area contributed by atoms with Crippen LogP contribution < -0.4 is 0 Å². The Hall–Kier alpha value is -1.84. The van der Waals surface area contributed by atoms with Crippen molar-refractivity contribution in [1.29, 1.82) is 0 Å². The Labute approximate surface area is 81.1 Å². The lowest BCUT2D eigenvalue weighted by Gasteiger charge is -1.90. The molecule has 0 aliphatic rings. The van der Waals surface area contributed by atoms with Crippen molar-refractivity contribution in [3.63, 3.8) is 0 Å². The van der Waals surface area contributed by atoms with E-state index in [1.165, 1.54) is 6.26 Å². The number of rotatable bonds is 2. The smallest absolute Gasteiger partial charge is 0.216 e. The molecule has 0 aromatic carbocycles. The van der Waals surface area contributed by atoms with Crippen LogP contribution in [0.2, 0.25) is 0 Å². The van der Waals surface area contributed by atoms with Crippen LogP contribution in [0.25, 0.3) is 0 Å². The second-order valence-corrected chi connectivity index (χ2v) is 3.15. The van der Waals surface area contributed by atoms with Gasteiger partial charge in [0.1, 0.15) is 17.7 Å². The average Bonchev–Trinajstić information content (AvgIpc) is 2.73. The summed E-state index contributed by atoms with van der Waals surface area (Å²) in [5.41, 5.74) is 0.981. The van der Waals surface area contributed by atoms with Gasteiger partial charge < -0.3 is 4.42 Å². The minimum absolute atomic E-state index is 0.109. The second kappa shape index (κ2) is 3.14. The third kappa shape index (κ3) is 1.46. The van der Waals surface area contributed by atoms with E-state index in [1.54, 1.807) is 37.0 Å². The Morgan fingerprint density at radius 3 is 2.86 bits per heavy atom. The van der Waals surface area contributed by atoms with E-state index in [-0.39, 0.29) is 5.78 Å². The molecule has 0 saturated carbocycles. The first-order chi connectivity index (χ1) is 6.66. The van der Waals surface area contributed by atoms with E-state index in [1.807, 2.05) is 0 Å². The van der Waals surface area contributed by atoms with E-state index in [4.69, 9.17) is 4.42 Å². The summed E-state index contributed by atoms with van der Waals surface area (Å²) < 4.78 is 6.66. The quantitative estimate of drug-likeness (QED) is 0.675. The monoisotopic (exact) mass is 190 g/mol. The molecule has 0 N–H and O–H groups in total. The minimum atomic E-state index is -0.109. The van der Waals surface area contributed by atoms with Crippen LogP contribution in [0.5, 0.6) is 0 Å². The fraction of sp³-hybridized carbons (Fsp3) is 0.200. The molecule has 72 valence electrons. The highest BCUT2D eigenvalue weighted by Crippen LogP contribution is 2.11. The second-order valence-electron chi connectivity index (χ2n) is 3.15. The Morgan fingerprint density at radius 1 is 1.57 bits per heavy atom. The van der Waals surface area contributed by atoms with Crippen molar-refractivity contribution in [2.24, 2.45) is 7.05 Å². The first-order valence-corrected chi connectivity index (χ1v) is 4.26. The van der Waals surface area contributed by atoms with Gasteiger partial charge in [-0.3, -0.25) is 9.48 Å². The molecule has 0 fully saturated rings. The van der Waals surface area contributed by atoms with Crippen molar-refractivity contribution in [1.82, 2.24) is 9.78 Å². The molecule has 0 saturated heterocycles. The molecule has 0 spiro atoms. The molecule has 4 heteroatoms. The van der Waals surface area contributed by atoms with Crippen molar-refractivity contribution in [2.75, 3.05) is 0 Å². The fourth-order valence-electron chi connectivity index (χ4n) is 1.25. The zero-order valence-electron chi connectivity index (χ0n) is 8.02. The minimum Gasteiger partial charge on any atom is -0.469 e. The van der Waals surface area contributed by atoms with E-state index in [2.05, 4.69) is 5.10 Å². The number of carbonyl (C=O) groups excluding carboxylic acids is 1. The number of ketones is 1. The first-order valence-electron chi connectivity index (χ1n) is 4.26. The van der Waals surface area contributed by atoms with Gasteiger partial charge in [-0.15, -0.1) is 0 Å². The predicted molar refractivity (Wildman–Crippen MR) is 50.1 cm³/mol. The molecule has 0 atom stereocenters. The maximum atomic E-state index is 11.7. The number of hydrogen-bond donors (Lipinski definition) is 0. The molecule has 0 amide bonds. The summed E-state index contributed by atoms with van der Waals surface area (Å²) in [6.45, 7) is 1.80. The summed E-state index contributed by atoms with van der Waals surface area (Å²) in [6.07, 6.45) is 3.19. The van der Waals surface area contributed by atoms with Gasteiger partial charge in [-0.25, -0.2) is 0 Å². The summed E-state index contributed by atoms with van der Waals surface area (Å²) in [6, 6.07) is 3.39. The first kappa shape index (κ1) is 8.74. The highest BCUT2D eigenvalue weighted by atomic mass is 16.3. The average molecular weight is 190 g/mol. The van der Waals surface area contributed by atoms with Gasteiger partial charge in [0.25, 0.3) is 0 Å². The molecule has 4 nitrogen and oxygen atoms in total. The number of furan rings is 1. The number of aryl methyl sites for hydroxylation is 2. The number of nitrogens with zero attached hydrogens (tertiary/aromatic N) is 2. The lowest BCUT2D eigenvalue weighted by atomic mass is 10.1. The maximum absolute atomic E-state index is 11.7. The standard InChI is InChI=1S/C10H10N2O2/c1-7-5-8(6-14-7)10(13)9-3-4-12(2)11-9/h3-6H,1-2H3. The highest BCUT2D eigenvalue weighted by molar-refractivity contribution is 6.07. The Morgan fingerprint density at radius 2 is 2.36 bits per heavy atom. The fourth-order valence-corrected chi connectivity index (χ4v) is 1.25. The number of carbonyl (C=O) groups is 1. The topological polar surface area (TPSA) is 48.0 Å². The van der Waals surface area contributed by atoms with Gasteiger partial charge in [-0.1, -0.05) is 0 Å². The molecular weight excluding hydrogens is 180 g/mol. The molecule has 14 heavy (non-hydrogen) atoms. The van der Waals surface area contributed by atoms with Crippen LogP contribution in [0.4, 0.5) is 0 Å². The molecule has 0 radical (unpaired) electrons. The molecule has 0 aliphatic carbocycles. The predicted octanol–water partition coefficient (Wildman–Crippen LogP) is 1.55. The largest absolute Gasteiger partial charge is 0.469 e. The van der Waals surface area contributed by atoms with Gasteiger partial charge in [-0.05, 0) is 19.1 Å². The van der Waals surface area contributed by atoms with E-state index in [9.17, 15) is 4.79 Å². The van der Waals surface area contributed by atoms with Crippen LogP contribution in [-0.2, 0) is 7.05 Å². The molecule has 2 aromatic heterocycles. The lowest BCUT2D eigenvalue weighted by molar-refractivity contribution is 0.103. The molecule has 2 aromatic rings. The van der Waals surface area contributed by atoms with E-state index < -0.39 is 0 Å². The van der Waals surface area contributed by atoms with Gasteiger partial charge in [0.05, 0.1) is 5.56 Å². The normalized spacial score (nSPS) is 10.4. The summed E-state index contributed by atoms with van der Waals surface area (Å²) >= 11 is 0. The van der Waals surface area contributed by atoms with Crippen LogP contribution in [-0.4, -0.2) is 15.6 Å². The summed E-state index contributed by atoms with van der Waals surface area (Å²) in [5, 5.41) is 4.02. The van der Waals surface area contributed by atoms with Gasteiger partial charge in [0, 0.05) is 13.2 Å². The molecule has 0 aliphatic heterocycles. The van der Waals surface area contributed by atoms with Crippen LogP contribution in [0.3, 0.4) is 0 Å². The Balaban J connectivity index is 2.33. The number of hydrogen-bond acceptors (Lipinski definition) is 3. The van der Waals surface area contributed by atoms with Gasteiger partial charge in [0.15, 0.2) is 0 Å². The van der Waals surface area contributed by atoms with Crippen molar-refractivity contribution in [2.45, 2.75) is 6.92 Å². The van der Waals surface area contributed by atoms with Crippen LogP contribution >= 0.6 is 0 Å². The third-order valence-electron chi connectivity index (χ3n) is 1.94. The highest BCUT2D eigenvalue weighted by Gasteiger charge is 2.13. The van der Waals surface area contributed by atoms with Crippen molar-refractivity contribution in [3.05, 3.63) is 41.6 Å². The zero-order valence-corrected chi connectivity index (χ0v) is 8.02. The van der Waals surface area contributed by atoms with Crippen molar-refractivity contribution < 1.29 is 9.21 Å². The maximum Gasteiger partial charge on any atom is 0.216 e. The van der Waals surface area contributed by atoms with Crippen molar-refractivity contribution >= 4 is 5.78 Å². The van der Waals surface area contributed by atoms with Crippen LogP contribution in [0, 0.1) is 6.92 Å². The van der Waals surface area contributed by atoms with Gasteiger partial charge in [-0.2, -0.15) is 5.10 Å². The van der Waals surface area contributed by atoms with Crippen molar-refractivity contribution in [3.8, 4) is 0 Å². The molecule has 2 heterocycles. The number of aromatic nitrogens is 2. The Bertz CT molecular complexity index is 426. The summed E-state index contributed by atoms with van der Waals surface area (Å²) in [7, 11) is 1.78. The van der Waals surface area contributed by atoms with Gasteiger partial charge >= 0.3 is 0 Å². The molecule has 2 rings (SSSR count). The van der Waals surface area contributed by atoms with E-state index in [0.717, 1.165) is 5.76 Å². The lowest BCUT2D eigenvalue weighted by Crippen LogP contribution is -2.01. The summed E-state index contributed by atoms with van der Waals surface area (Å²) in [5.74, 6) is 0.617. The molecular formula is C10H10N2O2. The summed E-state index contributed by atoms with van der Waals surface area (Å²) in [4.78, 5) is 11.7. The zero-order chi connectivity index (χ0) is 10.1. The molecule has 0 bridgehead atoms. The Kier molecular flexibility index (Phi) is 1.96. The van der Waals surface area contributed by atoms with E-state index >= 15 is 0 Å². The van der Waals surface area contributed by atoms with Gasteiger partial charge in [0.2, 0.25) is 5.78 Å².